The lowest BCUT2D eigenvalue weighted by molar-refractivity contribution is 0.403. The Kier molecular flexibility index (Phi) is 5.59. The van der Waals surface area contributed by atoms with Crippen LogP contribution in [0.1, 0.15) is 5.56 Å². The number of thiazole rings is 1. The lowest BCUT2D eigenvalue weighted by atomic mass is 10.1. The van der Waals surface area contributed by atoms with Gasteiger partial charge in [0.1, 0.15) is 0 Å². The van der Waals surface area contributed by atoms with Gasteiger partial charge in [-0.15, -0.1) is 16.4 Å². The molecule has 0 aliphatic heterocycles. The first-order valence-electron chi connectivity index (χ1n) is 8.73. The molecule has 2 N–H and O–H groups in total. The van der Waals surface area contributed by atoms with E-state index in [1.165, 1.54) is 29.7 Å². The largest absolute Gasteiger partial charge is 0.504 e. The summed E-state index contributed by atoms with van der Waals surface area (Å²) in [6.07, 6.45) is 1.54. The van der Waals surface area contributed by atoms with Gasteiger partial charge in [0.05, 0.1) is 11.9 Å². The van der Waals surface area contributed by atoms with Gasteiger partial charge in [0.2, 0.25) is 4.80 Å². The summed E-state index contributed by atoms with van der Waals surface area (Å²) in [5, 5.41) is 29.6. The molecular formula is C22H16BrN3O2S. The zero-order chi connectivity index (χ0) is 20.2. The molecule has 1 heterocycles. The molecule has 0 aliphatic carbocycles. The molecule has 0 aliphatic rings. The molecule has 0 fully saturated rings. The smallest absolute Gasteiger partial charge is 0.215 e. The van der Waals surface area contributed by atoms with Gasteiger partial charge in [-0.2, -0.15) is 5.10 Å². The normalized spacial score (nSPS) is 12.0. The lowest BCUT2D eigenvalue weighted by Gasteiger charge is -2.09. The number of aromatic hydroxyl groups is 2. The van der Waals surface area contributed by atoms with E-state index in [0.29, 0.717) is 10.4 Å². The molecule has 3 aromatic carbocycles. The molecule has 0 radical (unpaired) electrons. The molecule has 29 heavy (non-hydrogen) atoms. The SMILES string of the molecule is Oc1ccc(C=NN=c2scc(-c3ccc(Br)cc3)n2-c2ccccc2)cc1O. The summed E-state index contributed by atoms with van der Waals surface area (Å²) in [7, 11) is 0. The highest BCUT2D eigenvalue weighted by molar-refractivity contribution is 9.10. The highest BCUT2D eigenvalue weighted by Crippen LogP contribution is 2.25. The Hall–Kier alpha value is -3.16. The van der Waals surface area contributed by atoms with Crippen LogP contribution < -0.4 is 4.80 Å². The van der Waals surface area contributed by atoms with Crippen molar-refractivity contribution in [2.24, 2.45) is 10.2 Å². The van der Waals surface area contributed by atoms with Crippen LogP contribution in [-0.2, 0) is 0 Å². The third kappa shape index (κ3) is 4.31. The Morgan fingerprint density at radius 3 is 2.38 bits per heavy atom. The third-order valence-corrected chi connectivity index (χ3v) is 5.56. The molecule has 0 saturated carbocycles. The molecule has 4 rings (SSSR count). The van der Waals surface area contributed by atoms with Crippen molar-refractivity contribution in [3.05, 3.63) is 93.0 Å². The topological polar surface area (TPSA) is 70.1 Å². The van der Waals surface area contributed by atoms with Crippen LogP contribution in [0.3, 0.4) is 0 Å². The minimum absolute atomic E-state index is 0.168. The van der Waals surface area contributed by atoms with Gasteiger partial charge in [0.15, 0.2) is 11.5 Å². The van der Waals surface area contributed by atoms with Gasteiger partial charge in [0, 0.05) is 15.5 Å². The Labute approximate surface area is 179 Å². The lowest BCUT2D eigenvalue weighted by Crippen LogP contribution is -2.13. The van der Waals surface area contributed by atoms with Crippen molar-refractivity contribution >= 4 is 33.5 Å². The van der Waals surface area contributed by atoms with E-state index < -0.39 is 0 Å². The summed E-state index contributed by atoms with van der Waals surface area (Å²) in [5.74, 6) is -0.361. The fourth-order valence-corrected chi connectivity index (χ4v) is 3.92. The Morgan fingerprint density at radius 1 is 0.897 bits per heavy atom. The standard InChI is InChI=1S/C22H16BrN3O2S/c23-17-9-7-16(8-10-17)19-14-29-22(26(19)18-4-2-1-3-5-18)25-24-13-15-6-11-20(27)21(28)12-15/h1-14,27-28H. The molecule has 0 bridgehead atoms. The van der Waals surface area contributed by atoms with E-state index in [9.17, 15) is 10.2 Å². The van der Waals surface area contributed by atoms with Crippen molar-refractivity contribution in [1.82, 2.24) is 4.57 Å². The van der Waals surface area contributed by atoms with E-state index in [4.69, 9.17) is 0 Å². The molecule has 0 saturated heterocycles. The van der Waals surface area contributed by atoms with Crippen molar-refractivity contribution in [3.63, 3.8) is 0 Å². The maximum Gasteiger partial charge on any atom is 0.215 e. The first-order chi connectivity index (χ1) is 14.1. The summed E-state index contributed by atoms with van der Waals surface area (Å²) >= 11 is 4.97. The second-order valence-electron chi connectivity index (χ2n) is 6.17. The number of benzene rings is 3. The van der Waals surface area contributed by atoms with Crippen LogP contribution in [0.15, 0.2) is 92.9 Å². The predicted octanol–water partition coefficient (Wildman–Crippen LogP) is 5.31. The number of hydrogen-bond donors (Lipinski definition) is 2. The van der Waals surface area contributed by atoms with E-state index in [0.717, 1.165) is 21.4 Å². The monoisotopic (exact) mass is 465 g/mol. The molecule has 0 amide bonds. The highest BCUT2D eigenvalue weighted by Gasteiger charge is 2.10. The van der Waals surface area contributed by atoms with Crippen molar-refractivity contribution < 1.29 is 10.2 Å². The van der Waals surface area contributed by atoms with Crippen molar-refractivity contribution in [1.29, 1.82) is 0 Å². The zero-order valence-corrected chi connectivity index (χ0v) is 17.5. The number of hydrogen-bond acceptors (Lipinski definition) is 5. The fraction of sp³-hybridized carbons (Fsp3) is 0. The summed E-state index contributed by atoms with van der Waals surface area (Å²) in [6.45, 7) is 0. The quantitative estimate of drug-likeness (QED) is 0.243. The van der Waals surface area contributed by atoms with Crippen LogP contribution >= 0.6 is 27.3 Å². The maximum absolute atomic E-state index is 9.61. The average molecular weight is 466 g/mol. The average Bonchev–Trinajstić information content (AvgIpc) is 3.16. The molecule has 0 unspecified atom stereocenters. The highest BCUT2D eigenvalue weighted by atomic mass is 79.9. The molecule has 5 nitrogen and oxygen atoms in total. The van der Waals surface area contributed by atoms with Crippen LogP contribution in [-0.4, -0.2) is 21.0 Å². The number of phenolic OH excluding ortho intramolecular Hbond substituents is 2. The van der Waals surface area contributed by atoms with E-state index in [1.807, 2.05) is 42.5 Å². The van der Waals surface area contributed by atoms with E-state index >= 15 is 0 Å². The Balaban J connectivity index is 1.79. The van der Waals surface area contributed by atoms with Crippen molar-refractivity contribution in [3.8, 4) is 28.4 Å². The Morgan fingerprint density at radius 2 is 1.66 bits per heavy atom. The van der Waals surface area contributed by atoms with E-state index in [2.05, 4.69) is 48.2 Å². The summed E-state index contributed by atoms with van der Waals surface area (Å²) < 4.78 is 3.08. The molecular weight excluding hydrogens is 450 g/mol. The van der Waals surface area contributed by atoms with Crippen LogP contribution in [0.4, 0.5) is 0 Å². The van der Waals surface area contributed by atoms with Crippen molar-refractivity contribution in [2.45, 2.75) is 0 Å². The second-order valence-corrected chi connectivity index (χ2v) is 7.93. The first-order valence-corrected chi connectivity index (χ1v) is 10.4. The number of aromatic nitrogens is 1. The number of nitrogens with zero attached hydrogens (tertiary/aromatic N) is 3. The molecule has 4 aromatic rings. The first kappa shape index (κ1) is 19.2. The van der Waals surface area contributed by atoms with Crippen LogP contribution in [0.2, 0.25) is 0 Å². The fourth-order valence-electron chi connectivity index (χ4n) is 2.80. The van der Waals surface area contributed by atoms with Gasteiger partial charge in [0.25, 0.3) is 0 Å². The predicted molar refractivity (Wildman–Crippen MR) is 120 cm³/mol. The summed E-state index contributed by atoms with van der Waals surface area (Å²) in [5.41, 5.74) is 3.72. The second kappa shape index (κ2) is 8.46. The maximum atomic E-state index is 9.61. The molecule has 0 spiro atoms. The summed E-state index contributed by atoms with van der Waals surface area (Å²) in [6, 6.07) is 22.6. The van der Waals surface area contributed by atoms with Gasteiger partial charge in [-0.25, -0.2) is 0 Å². The van der Waals surface area contributed by atoms with E-state index in [1.54, 1.807) is 6.07 Å². The van der Waals surface area contributed by atoms with Crippen LogP contribution in [0.25, 0.3) is 16.9 Å². The van der Waals surface area contributed by atoms with Crippen molar-refractivity contribution in [2.75, 3.05) is 0 Å². The van der Waals surface area contributed by atoms with Gasteiger partial charge >= 0.3 is 0 Å². The number of phenols is 2. The number of rotatable bonds is 4. The van der Waals surface area contributed by atoms with Gasteiger partial charge < -0.3 is 10.2 Å². The molecule has 7 heteroatoms. The zero-order valence-electron chi connectivity index (χ0n) is 15.1. The van der Waals surface area contributed by atoms with Crippen LogP contribution in [0.5, 0.6) is 11.5 Å². The Bertz CT molecular complexity index is 1230. The number of halogens is 1. The van der Waals surface area contributed by atoms with Crippen LogP contribution in [0, 0.1) is 0 Å². The van der Waals surface area contributed by atoms with Gasteiger partial charge in [-0.05, 0) is 53.6 Å². The molecule has 1 aromatic heterocycles. The minimum Gasteiger partial charge on any atom is -0.504 e. The van der Waals surface area contributed by atoms with Gasteiger partial charge in [-0.3, -0.25) is 4.57 Å². The number of para-hydroxylation sites is 1. The van der Waals surface area contributed by atoms with Gasteiger partial charge in [-0.1, -0.05) is 46.3 Å². The summed E-state index contributed by atoms with van der Waals surface area (Å²) in [4.78, 5) is 0.716. The van der Waals surface area contributed by atoms with E-state index in [-0.39, 0.29) is 11.5 Å². The minimum atomic E-state index is -0.193. The molecule has 144 valence electrons. The third-order valence-electron chi connectivity index (χ3n) is 4.21. The molecule has 0 atom stereocenters.